The molecule has 0 heterocycles. The van der Waals surface area contributed by atoms with Crippen molar-refractivity contribution in [1.29, 1.82) is 0 Å². The fourth-order valence-electron chi connectivity index (χ4n) is 1.00. The molecule has 1 heteroatoms. The first kappa shape index (κ1) is 8.23. The summed E-state index contributed by atoms with van der Waals surface area (Å²) < 4.78 is 0. The summed E-state index contributed by atoms with van der Waals surface area (Å²) in [6.45, 7) is 2.13. The minimum atomic E-state index is 0.451. The van der Waals surface area contributed by atoms with Crippen LogP contribution in [0.1, 0.15) is 26.2 Å². The second kappa shape index (κ2) is 4.14. The van der Waals surface area contributed by atoms with E-state index in [1.54, 1.807) is 0 Å². The average molecular weight is 124 g/mol. The molecular weight excluding hydrogens is 112 g/mol. The van der Waals surface area contributed by atoms with Crippen molar-refractivity contribution in [3.05, 3.63) is 0 Å². The Morgan fingerprint density at radius 2 is 2.11 bits per heavy atom. The second-order valence-electron chi connectivity index (χ2n) is 2.39. The lowest BCUT2D eigenvalue weighted by Crippen LogP contribution is -1.86. The fourth-order valence-corrected chi connectivity index (χ4v) is 1.00. The molecule has 0 aromatic heterocycles. The lowest BCUT2D eigenvalue weighted by atomic mass is 10.1. The second-order valence-corrected chi connectivity index (χ2v) is 2.39. The highest BCUT2D eigenvalue weighted by molar-refractivity contribution is 5.80. The highest BCUT2D eigenvalue weighted by Gasteiger charge is 2.16. The number of Topliss-reactive ketones (excluding diaryl/α,β-unsaturated/α-hetero) is 1. The third-order valence-corrected chi connectivity index (χ3v) is 1.49. The highest BCUT2D eigenvalue weighted by atomic mass is 16.1. The topological polar surface area (TPSA) is 17.1 Å². The minimum absolute atomic E-state index is 0.451. The van der Waals surface area contributed by atoms with Crippen LogP contribution >= 0.6 is 0 Å². The largest absolute Gasteiger partial charge is 0.300 e. The van der Waals surface area contributed by atoms with Gasteiger partial charge in [-0.05, 0) is 12.3 Å². The van der Waals surface area contributed by atoms with E-state index in [1.807, 2.05) is 0 Å². The molecule has 0 aromatic carbocycles. The Hall–Kier alpha value is -0.770. The monoisotopic (exact) mass is 124 g/mol. The van der Waals surface area contributed by atoms with Gasteiger partial charge in [0.25, 0.3) is 0 Å². The molecule has 0 bridgehead atoms. The molecule has 0 radical (unpaired) electrons. The molecule has 1 nitrogen and oxygen atoms in total. The summed E-state index contributed by atoms with van der Waals surface area (Å²) in [5, 5.41) is 0. The number of ketones is 1. The van der Waals surface area contributed by atoms with Gasteiger partial charge in [-0.25, -0.2) is 0 Å². The van der Waals surface area contributed by atoms with Crippen LogP contribution in [0.25, 0.3) is 0 Å². The van der Waals surface area contributed by atoms with E-state index in [0.29, 0.717) is 11.7 Å². The molecule has 0 aliphatic heterocycles. The normalized spacial score (nSPS) is 24.8. The van der Waals surface area contributed by atoms with E-state index in [2.05, 4.69) is 19.8 Å². The highest BCUT2D eigenvalue weighted by Crippen LogP contribution is 2.19. The Kier molecular flexibility index (Phi) is 3.79. The smallest absolute Gasteiger partial charge is 0.133 e. The van der Waals surface area contributed by atoms with Crippen molar-refractivity contribution in [2.45, 2.75) is 26.2 Å². The van der Waals surface area contributed by atoms with Crippen molar-refractivity contribution >= 4 is 5.78 Å². The predicted octanol–water partition coefficient (Wildman–Crippen LogP) is 1.62. The summed E-state index contributed by atoms with van der Waals surface area (Å²) in [4.78, 5) is 10.5. The third-order valence-electron chi connectivity index (χ3n) is 1.49. The summed E-state index contributed by atoms with van der Waals surface area (Å²) in [7, 11) is 0. The standard InChI is InChI=1S/C6H10O.C2H2/c1-5-2-3-6(7)4-5;1-2/h5H,2-4H2,1H3;1-2H/t5-;/m1./s1. The third kappa shape index (κ3) is 2.92. The van der Waals surface area contributed by atoms with Gasteiger partial charge in [-0.3, -0.25) is 4.79 Å². The van der Waals surface area contributed by atoms with E-state index in [-0.39, 0.29) is 0 Å². The number of hydrogen-bond acceptors (Lipinski definition) is 1. The molecule has 0 aromatic rings. The lowest BCUT2D eigenvalue weighted by Gasteiger charge is -1.90. The van der Waals surface area contributed by atoms with E-state index in [4.69, 9.17) is 0 Å². The zero-order chi connectivity index (χ0) is 7.28. The van der Waals surface area contributed by atoms with Crippen LogP contribution in [0.4, 0.5) is 0 Å². The quantitative estimate of drug-likeness (QED) is 0.448. The van der Waals surface area contributed by atoms with Crippen LogP contribution in [-0.2, 0) is 4.79 Å². The van der Waals surface area contributed by atoms with Gasteiger partial charge in [-0.2, -0.15) is 0 Å². The van der Waals surface area contributed by atoms with Gasteiger partial charge in [0.1, 0.15) is 5.78 Å². The summed E-state index contributed by atoms with van der Waals surface area (Å²) >= 11 is 0. The average Bonchev–Trinajstić information content (AvgIpc) is 2.20. The van der Waals surface area contributed by atoms with Crippen LogP contribution in [-0.4, -0.2) is 5.78 Å². The van der Waals surface area contributed by atoms with Gasteiger partial charge in [-0.1, -0.05) is 6.92 Å². The Labute approximate surface area is 56.5 Å². The number of carbonyl (C=O) groups excluding carboxylic acids is 1. The molecule has 0 spiro atoms. The molecule has 1 rings (SSSR count). The Morgan fingerprint density at radius 3 is 2.22 bits per heavy atom. The Morgan fingerprint density at radius 1 is 1.56 bits per heavy atom. The molecule has 9 heavy (non-hydrogen) atoms. The van der Waals surface area contributed by atoms with E-state index >= 15 is 0 Å². The zero-order valence-corrected chi connectivity index (χ0v) is 5.76. The number of rotatable bonds is 0. The van der Waals surface area contributed by atoms with E-state index in [9.17, 15) is 4.79 Å². The number of hydrogen-bond donors (Lipinski definition) is 0. The van der Waals surface area contributed by atoms with E-state index in [1.165, 1.54) is 0 Å². The SMILES string of the molecule is C#C.C[C@@H]1CCC(=O)C1. The van der Waals surface area contributed by atoms with Crippen LogP contribution in [0.5, 0.6) is 0 Å². The van der Waals surface area contributed by atoms with Gasteiger partial charge in [0, 0.05) is 12.8 Å². The molecule has 0 N–H and O–H groups in total. The van der Waals surface area contributed by atoms with Gasteiger partial charge >= 0.3 is 0 Å². The van der Waals surface area contributed by atoms with Gasteiger partial charge in [0.2, 0.25) is 0 Å². The lowest BCUT2D eigenvalue weighted by molar-refractivity contribution is -0.117. The van der Waals surface area contributed by atoms with Gasteiger partial charge in [0.15, 0.2) is 0 Å². The van der Waals surface area contributed by atoms with Gasteiger partial charge in [-0.15, -0.1) is 12.8 Å². The van der Waals surface area contributed by atoms with E-state index in [0.717, 1.165) is 19.3 Å². The van der Waals surface area contributed by atoms with E-state index < -0.39 is 0 Å². The molecule has 0 amide bonds. The summed E-state index contributed by atoms with van der Waals surface area (Å²) in [6.07, 6.45) is 10.8. The maximum absolute atomic E-state index is 10.5. The maximum Gasteiger partial charge on any atom is 0.133 e. The molecule has 1 fully saturated rings. The first-order chi connectivity index (χ1) is 4.29. The van der Waals surface area contributed by atoms with Crippen molar-refractivity contribution in [3.63, 3.8) is 0 Å². The first-order valence-electron chi connectivity index (χ1n) is 3.14. The first-order valence-corrected chi connectivity index (χ1v) is 3.14. The van der Waals surface area contributed by atoms with Crippen molar-refractivity contribution in [1.82, 2.24) is 0 Å². The van der Waals surface area contributed by atoms with Crippen molar-refractivity contribution in [2.75, 3.05) is 0 Å². The van der Waals surface area contributed by atoms with Crippen LogP contribution in [0.3, 0.4) is 0 Å². The van der Waals surface area contributed by atoms with Crippen LogP contribution in [0, 0.1) is 18.8 Å². The molecule has 1 aliphatic carbocycles. The van der Waals surface area contributed by atoms with Crippen LogP contribution in [0.2, 0.25) is 0 Å². The summed E-state index contributed by atoms with van der Waals surface area (Å²) in [6, 6.07) is 0. The van der Waals surface area contributed by atoms with Crippen LogP contribution in [0.15, 0.2) is 0 Å². The predicted molar refractivity (Wildman–Crippen MR) is 37.9 cm³/mol. The Bertz CT molecular complexity index is 113. The molecular formula is C8H12O. The van der Waals surface area contributed by atoms with Gasteiger partial charge < -0.3 is 0 Å². The molecule has 50 valence electrons. The number of carbonyl (C=O) groups is 1. The number of terminal acetylenes is 1. The molecule has 1 saturated carbocycles. The van der Waals surface area contributed by atoms with Gasteiger partial charge in [0.05, 0.1) is 0 Å². The minimum Gasteiger partial charge on any atom is -0.300 e. The molecule has 0 unspecified atom stereocenters. The molecule has 0 saturated heterocycles. The molecule has 1 aliphatic rings. The zero-order valence-electron chi connectivity index (χ0n) is 5.76. The Balaban J connectivity index is 0.000000291. The van der Waals surface area contributed by atoms with Crippen molar-refractivity contribution in [3.8, 4) is 12.8 Å². The summed E-state index contributed by atoms with van der Waals surface area (Å²) in [5.74, 6) is 1.12. The maximum atomic E-state index is 10.5. The van der Waals surface area contributed by atoms with Crippen molar-refractivity contribution < 1.29 is 4.79 Å². The fraction of sp³-hybridized carbons (Fsp3) is 0.625. The molecule has 1 atom stereocenters. The van der Waals surface area contributed by atoms with Crippen molar-refractivity contribution in [2.24, 2.45) is 5.92 Å². The summed E-state index contributed by atoms with van der Waals surface area (Å²) in [5.41, 5.74) is 0. The van der Waals surface area contributed by atoms with Crippen LogP contribution < -0.4 is 0 Å².